The number of rotatable bonds is 7. The Kier molecular flexibility index (Phi) is 7.12. The summed E-state index contributed by atoms with van der Waals surface area (Å²) < 4.78 is 51.2. The molecule has 0 radical (unpaired) electrons. The molecule has 46 heavy (non-hydrogen) atoms. The molecule has 1 aliphatic heterocycles. The molecule has 240 valence electrons. The van der Waals surface area contributed by atoms with Gasteiger partial charge in [0.2, 0.25) is 11.9 Å². The summed E-state index contributed by atoms with van der Waals surface area (Å²) >= 11 is 6.80. The lowest BCUT2D eigenvalue weighted by Crippen LogP contribution is -2.35. The number of ether oxygens (including phenoxy) is 1. The Labute approximate surface area is 266 Å². The number of likely N-dealkylation sites (tertiary alicyclic amines) is 1. The number of benzene rings is 1. The maximum atomic E-state index is 14.0. The molecule has 1 unspecified atom stereocenters. The van der Waals surface area contributed by atoms with Gasteiger partial charge in [-0.05, 0) is 70.0 Å². The summed E-state index contributed by atoms with van der Waals surface area (Å²) in [7, 11) is 5.31. The van der Waals surface area contributed by atoms with Crippen molar-refractivity contribution >= 4 is 51.6 Å². The second kappa shape index (κ2) is 10.8. The average molecular weight is 654 g/mol. The normalized spacial score (nSPS) is 18.9. The van der Waals surface area contributed by atoms with Gasteiger partial charge in [0.05, 0.1) is 30.4 Å². The first-order chi connectivity index (χ1) is 21.8. The van der Waals surface area contributed by atoms with Gasteiger partial charge in [0.15, 0.2) is 23.0 Å². The number of amides is 1. The zero-order valence-corrected chi connectivity index (χ0v) is 26.3. The molecular weight excluding hydrogens is 623 g/mol. The highest BCUT2D eigenvalue weighted by Gasteiger charge is 2.39. The summed E-state index contributed by atoms with van der Waals surface area (Å²) in [4.78, 5) is 29.4. The molecule has 1 atom stereocenters. The number of carbonyl (C=O) groups is 1. The summed E-state index contributed by atoms with van der Waals surface area (Å²) in [5, 5.41) is 7.62. The summed E-state index contributed by atoms with van der Waals surface area (Å²) in [6.45, 7) is 2.77. The topological polar surface area (TPSA) is 106 Å². The molecule has 7 rings (SSSR count). The van der Waals surface area contributed by atoms with E-state index in [9.17, 15) is 18.0 Å². The van der Waals surface area contributed by atoms with E-state index in [2.05, 4.69) is 30.3 Å². The van der Waals surface area contributed by atoms with Crippen molar-refractivity contribution in [2.24, 2.45) is 13.0 Å². The Morgan fingerprint density at radius 2 is 1.91 bits per heavy atom. The van der Waals surface area contributed by atoms with Gasteiger partial charge in [0.1, 0.15) is 16.1 Å². The Morgan fingerprint density at radius 3 is 2.61 bits per heavy atom. The van der Waals surface area contributed by atoms with Gasteiger partial charge in [0, 0.05) is 31.2 Å². The van der Waals surface area contributed by atoms with Crippen LogP contribution < -0.4 is 15.0 Å². The fourth-order valence-corrected chi connectivity index (χ4v) is 6.30. The molecule has 0 bridgehead atoms. The van der Waals surface area contributed by atoms with Crippen molar-refractivity contribution in [2.45, 2.75) is 44.3 Å². The van der Waals surface area contributed by atoms with Crippen LogP contribution in [-0.2, 0) is 23.6 Å². The maximum absolute atomic E-state index is 14.0. The first-order valence-electron chi connectivity index (χ1n) is 14.8. The lowest BCUT2D eigenvalue weighted by atomic mass is 9.88. The molecule has 1 aliphatic carbocycles. The van der Waals surface area contributed by atoms with Crippen LogP contribution in [0.2, 0.25) is 5.02 Å². The van der Waals surface area contributed by atoms with Crippen LogP contribution in [0, 0.1) is 5.92 Å². The second-order valence-electron chi connectivity index (χ2n) is 12.2. The summed E-state index contributed by atoms with van der Waals surface area (Å²) in [5.41, 5.74) is 0.810. The van der Waals surface area contributed by atoms with Crippen LogP contribution in [0.1, 0.15) is 43.7 Å². The number of fused-ring (bicyclic) bond motifs is 2. The van der Waals surface area contributed by atoms with Crippen molar-refractivity contribution in [3.63, 3.8) is 0 Å². The number of alkyl halides is 3. The molecule has 4 aromatic heterocycles. The SMILES string of the molecule is CN(C(=O)C1CC1)c1cn2ncc(Oc3cnc4nc(Nc5cc(C(F)(F)F)cc(C6(C)CCCN6C)c5)n(C)c4c3Cl)c2cn1. The molecule has 1 N–H and O–H groups in total. The number of aryl methyl sites for hydroxylation is 1. The van der Waals surface area contributed by atoms with Gasteiger partial charge in [-0.3, -0.25) is 14.6 Å². The smallest absolute Gasteiger partial charge is 0.416 e. The highest BCUT2D eigenvalue weighted by atomic mass is 35.5. The number of anilines is 3. The van der Waals surface area contributed by atoms with E-state index in [0.29, 0.717) is 28.2 Å². The number of carbonyl (C=O) groups excluding carboxylic acids is 1. The second-order valence-corrected chi connectivity index (χ2v) is 12.6. The monoisotopic (exact) mass is 653 g/mol. The van der Waals surface area contributed by atoms with Gasteiger partial charge < -0.3 is 14.6 Å². The number of hydrogen-bond acceptors (Lipinski definition) is 8. The van der Waals surface area contributed by atoms with Crippen LogP contribution in [0.25, 0.3) is 16.7 Å². The highest BCUT2D eigenvalue weighted by Crippen LogP contribution is 2.42. The van der Waals surface area contributed by atoms with Crippen molar-refractivity contribution in [1.82, 2.24) is 34.0 Å². The number of nitrogens with one attached hydrogen (secondary N) is 1. The Hall–Kier alpha value is -4.43. The molecule has 0 spiro atoms. The zero-order chi connectivity index (χ0) is 32.5. The minimum atomic E-state index is -4.53. The van der Waals surface area contributed by atoms with E-state index >= 15 is 0 Å². The van der Waals surface area contributed by atoms with Gasteiger partial charge in [-0.25, -0.2) is 14.5 Å². The molecule has 11 nitrogen and oxygen atoms in total. The van der Waals surface area contributed by atoms with Gasteiger partial charge in [0.25, 0.3) is 0 Å². The maximum Gasteiger partial charge on any atom is 0.416 e. The Bertz CT molecular complexity index is 2000. The van der Waals surface area contributed by atoms with Crippen molar-refractivity contribution in [3.8, 4) is 11.5 Å². The Morgan fingerprint density at radius 1 is 1.13 bits per heavy atom. The number of aromatic nitrogens is 6. The molecule has 1 saturated heterocycles. The highest BCUT2D eigenvalue weighted by molar-refractivity contribution is 6.36. The summed E-state index contributed by atoms with van der Waals surface area (Å²) in [5.74, 6) is 1.39. The van der Waals surface area contributed by atoms with Gasteiger partial charge in [-0.2, -0.15) is 23.3 Å². The average Bonchev–Trinajstić information content (AvgIpc) is 3.61. The van der Waals surface area contributed by atoms with Gasteiger partial charge in [-0.1, -0.05) is 11.6 Å². The minimum Gasteiger partial charge on any atom is -0.450 e. The van der Waals surface area contributed by atoms with Crippen molar-refractivity contribution in [2.75, 3.05) is 30.9 Å². The minimum absolute atomic E-state index is 0.0240. The molecule has 1 aromatic carbocycles. The van der Waals surface area contributed by atoms with E-state index < -0.39 is 17.3 Å². The van der Waals surface area contributed by atoms with E-state index in [1.807, 2.05) is 14.0 Å². The molecule has 5 heterocycles. The van der Waals surface area contributed by atoms with Crippen LogP contribution in [0.5, 0.6) is 11.5 Å². The quantitative estimate of drug-likeness (QED) is 0.211. The van der Waals surface area contributed by atoms with E-state index in [-0.39, 0.29) is 39.9 Å². The van der Waals surface area contributed by atoms with Crippen molar-refractivity contribution in [3.05, 3.63) is 59.1 Å². The van der Waals surface area contributed by atoms with Crippen LogP contribution in [0.15, 0.2) is 43.0 Å². The third-order valence-corrected chi connectivity index (χ3v) is 9.48. The Balaban J connectivity index is 1.18. The molecule has 5 aromatic rings. The number of pyridine rings is 1. The van der Waals surface area contributed by atoms with Crippen LogP contribution >= 0.6 is 11.6 Å². The van der Waals surface area contributed by atoms with E-state index in [1.165, 1.54) is 23.4 Å². The van der Waals surface area contributed by atoms with Gasteiger partial charge >= 0.3 is 6.18 Å². The standard InChI is InChI=1S/C31H31ClF3N9O2/c1-30(8-5-9-41(30)2)18-10-19(31(33,34)35)12-20(11-18)39-29-40-27-26(43(29)4)25(32)23(14-37-27)46-22-15-38-44-16-24(36-13-21(22)44)42(3)28(45)17-6-7-17/h10-17H,5-9H2,1-4H3,(H,37,39,40). The number of imidazole rings is 1. The number of halogens is 4. The predicted molar refractivity (Wildman–Crippen MR) is 167 cm³/mol. The van der Waals surface area contributed by atoms with Gasteiger partial charge in [-0.15, -0.1) is 0 Å². The van der Waals surface area contributed by atoms with Crippen LogP contribution in [-0.4, -0.2) is 60.6 Å². The van der Waals surface area contributed by atoms with E-state index in [4.69, 9.17) is 16.3 Å². The van der Waals surface area contributed by atoms with Crippen molar-refractivity contribution in [1.29, 1.82) is 0 Å². The van der Waals surface area contributed by atoms with Crippen molar-refractivity contribution < 1.29 is 22.7 Å². The van der Waals surface area contributed by atoms with Crippen LogP contribution in [0.3, 0.4) is 0 Å². The fraction of sp³-hybridized carbons (Fsp3) is 0.387. The largest absolute Gasteiger partial charge is 0.450 e. The molecular formula is C31H31ClF3N9O2. The van der Waals surface area contributed by atoms with Crippen LogP contribution in [0.4, 0.5) is 30.6 Å². The summed E-state index contributed by atoms with van der Waals surface area (Å²) in [6.07, 6.45) is 5.05. The molecule has 15 heteroatoms. The third kappa shape index (κ3) is 5.18. The molecule has 2 fully saturated rings. The number of nitrogens with zero attached hydrogens (tertiary/aromatic N) is 8. The van der Waals surface area contributed by atoms with E-state index in [0.717, 1.165) is 38.3 Å². The number of hydrogen-bond donors (Lipinski definition) is 1. The molecule has 1 amide bonds. The summed E-state index contributed by atoms with van der Waals surface area (Å²) in [6, 6.07) is 4.05. The first-order valence-corrected chi connectivity index (χ1v) is 15.2. The third-order valence-electron chi connectivity index (χ3n) is 9.12. The first kappa shape index (κ1) is 30.2. The van der Waals surface area contributed by atoms with E-state index in [1.54, 1.807) is 41.6 Å². The molecule has 2 aliphatic rings. The predicted octanol–water partition coefficient (Wildman–Crippen LogP) is 6.53. The lowest BCUT2D eigenvalue weighted by molar-refractivity contribution is -0.137. The molecule has 1 saturated carbocycles. The fourth-order valence-electron chi connectivity index (χ4n) is 6.00. The lowest BCUT2D eigenvalue weighted by Gasteiger charge is -2.33. The zero-order valence-electron chi connectivity index (χ0n) is 25.6.